The molecule has 2 aliphatic carbocycles. The average Bonchev–Trinajstić information content (AvgIpc) is 3.82. The Bertz CT molecular complexity index is 2250. The summed E-state index contributed by atoms with van der Waals surface area (Å²) in [4.78, 5) is 25.9. The number of alkyl halides is 2. The van der Waals surface area contributed by atoms with Gasteiger partial charge in [-0.2, -0.15) is 0 Å². The monoisotopic (exact) mass is 734 g/mol. The van der Waals surface area contributed by atoms with Crippen molar-refractivity contribution in [1.82, 2.24) is 10.3 Å². The first-order valence-corrected chi connectivity index (χ1v) is 19.4. The maximum atomic E-state index is 13.4. The summed E-state index contributed by atoms with van der Waals surface area (Å²) in [5.41, 5.74) is 0.921. The number of halogens is 2. The van der Waals surface area contributed by atoms with Crippen LogP contribution in [0.5, 0.6) is 23.0 Å². The molecule has 0 atom stereocenters. The molecule has 264 valence electrons. The van der Waals surface area contributed by atoms with E-state index in [1.54, 1.807) is 12.1 Å². The number of fused-ring (bicyclic) bond motifs is 2. The summed E-state index contributed by atoms with van der Waals surface area (Å²) in [6, 6.07) is 5.58. The normalized spacial score (nSPS) is 17.3. The summed E-state index contributed by atoms with van der Waals surface area (Å²) in [7, 11) is -7.01. The molecular formula is C32H28F2N2O12S2. The van der Waals surface area contributed by atoms with Crippen molar-refractivity contribution in [1.29, 1.82) is 0 Å². The van der Waals surface area contributed by atoms with Crippen LogP contribution < -0.4 is 18.9 Å². The highest BCUT2D eigenvalue weighted by Gasteiger charge is 2.46. The molecule has 2 aliphatic heterocycles. The van der Waals surface area contributed by atoms with Crippen molar-refractivity contribution in [3.05, 3.63) is 81.6 Å². The fourth-order valence-electron chi connectivity index (χ4n) is 5.74. The Morgan fingerprint density at radius 3 is 1.66 bits per heavy atom. The van der Waals surface area contributed by atoms with Crippen molar-refractivity contribution in [2.24, 2.45) is 0 Å². The van der Waals surface area contributed by atoms with Crippen molar-refractivity contribution >= 4 is 31.2 Å². The minimum Gasteiger partial charge on any atom is -0.454 e. The van der Waals surface area contributed by atoms with E-state index in [2.05, 4.69) is 19.8 Å². The molecule has 0 radical (unpaired) electrons. The second-order valence-corrected chi connectivity index (χ2v) is 16.7. The molecule has 0 bridgehead atoms. The zero-order valence-electron chi connectivity index (χ0n) is 26.4. The fourth-order valence-corrected chi connectivity index (χ4v) is 7.36. The predicted octanol–water partition coefficient (Wildman–Crippen LogP) is 4.71. The number of sulfone groups is 2. The van der Waals surface area contributed by atoms with Gasteiger partial charge in [-0.3, -0.25) is 9.59 Å². The van der Waals surface area contributed by atoms with Crippen molar-refractivity contribution in [3.63, 3.8) is 0 Å². The molecule has 0 amide bonds. The maximum absolute atomic E-state index is 13.4. The standard InChI is InChI=1S/C16H13F2NO6S.C16H15NO6S/c1-26(21,22)7-11-9(4-5-12-15(11)24-16(17,18)23-12)13(20)10-6-19-25-14(10)8-2-3-8;1-24(19,20)7-12-10(4-5-13-16(12)22-8-21-13)14(18)11-6-17-23-15(11)9-2-3-9/h4-6,8H,2-3,7H2,1H3;4-6,9H,2-3,7-8H2,1H3. The molecule has 2 aromatic heterocycles. The Labute approximate surface area is 283 Å². The van der Waals surface area contributed by atoms with Crippen LogP contribution in [0.2, 0.25) is 0 Å². The lowest BCUT2D eigenvalue weighted by Crippen LogP contribution is -2.26. The highest BCUT2D eigenvalue weighted by molar-refractivity contribution is 7.90. The first kappa shape index (κ1) is 33.6. The minimum absolute atomic E-state index is 0.00429. The third-order valence-corrected chi connectivity index (χ3v) is 9.83. The summed E-state index contributed by atoms with van der Waals surface area (Å²) in [6.07, 6.45) is 4.42. The Morgan fingerprint density at radius 1 is 0.700 bits per heavy atom. The zero-order chi connectivity index (χ0) is 35.6. The third-order valence-electron chi connectivity index (χ3n) is 8.20. The van der Waals surface area contributed by atoms with Crippen LogP contribution in [0.3, 0.4) is 0 Å². The van der Waals surface area contributed by atoms with Gasteiger partial charge < -0.3 is 28.0 Å². The molecule has 8 rings (SSSR count). The van der Waals surface area contributed by atoms with Crippen molar-refractivity contribution in [2.75, 3.05) is 19.3 Å². The second-order valence-electron chi connectivity index (χ2n) is 12.5. The first-order valence-electron chi connectivity index (χ1n) is 15.3. The van der Waals surface area contributed by atoms with E-state index in [4.69, 9.17) is 18.5 Å². The number of hydrogen-bond acceptors (Lipinski definition) is 14. The number of aromatic nitrogens is 2. The smallest absolute Gasteiger partial charge is 0.454 e. The van der Waals surface area contributed by atoms with E-state index in [0.717, 1.165) is 44.3 Å². The van der Waals surface area contributed by atoms with Crippen LogP contribution in [-0.2, 0) is 31.2 Å². The van der Waals surface area contributed by atoms with Crippen LogP contribution in [0.15, 0.2) is 45.7 Å². The molecule has 4 heterocycles. The van der Waals surface area contributed by atoms with Crippen LogP contribution in [-0.4, -0.2) is 64.3 Å². The topological polar surface area (TPSA) is 191 Å². The SMILES string of the molecule is CS(=O)(=O)Cc1c(C(=O)c2cnoc2C2CC2)ccc2c1OC(F)(F)O2.CS(=O)(=O)Cc1c(C(=O)c2cnoc2C2CC2)ccc2c1OCO2. The van der Waals surface area contributed by atoms with E-state index in [0.29, 0.717) is 34.1 Å². The maximum Gasteiger partial charge on any atom is 0.586 e. The summed E-state index contributed by atoms with van der Waals surface area (Å²) in [5.74, 6) is -0.533. The van der Waals surface area contributed by atoms with Crippen molar-refractivity contribution in [2.45, 2.75) is 55.3 Å². The Kier molecular flexibility index (Phi) is 8.20. The molecule has 14 nitrogen and oxygen atoms in total. The van der Waals surface area contributed by atoms with E-state index in [-0.39, 0.29) is 58.2 Å². The van der Waals surface area contributed by atoms with E-state index in [9.17, 15) is 35.2 Å². The molecule has 2 aromatic carbocycles. The largest absolute Gasteiger partial charge is 0.586 e. The van der Waals surface area contributed by atoms with Gasteiger partial charge in [0.1, 0.15) is 0 Å². The number of carbonyl (C=O) groups is 2. The van der Waals surface area contributed by atoms with Gasteiger partial charge in [0.2, 0.25) is 6.79 Å². The van der Waals surface area contributed by atoms with Gasteiger partial charge in [-0.15, -0.1) is 8.78 Å². The highest BCUT2D eigenvalue weighted by Crippen LogP contribution is 2.47. The molecule has 0 N–H and O–H groups in total. The average molecular weight is 735 g/mol. The number of benzene rings is 2. The highest BCUT2D eigenvalue weighted by atomic mass is 32.2. The van der Waals surface area contributed by atoms with E-state index in [1.165, 1.54) is 18.5 Å². The molecular weight excluding hydrogens is 706 g/mol. The van der Waals surface area contributed by atoms with E-state index in [1.807, 2.05) is 0 Å². The van der Waals surface area contributed by atoms with Crippen LogP contribution >= 0.6 is 0 Å². The third kappa shape index (κ3) is 6.94. The summed E-state index contributed by atoms with van der Waals surface area (Å²) >= 11 is 0. The Hall–Kier alpha value is -4.84. The molecule has 18 heteroatoms. The van der Waals surface area contributed by atoms with Gasteiger partial charge in [-0.25, -0.2) is 16.8 Å². The minimum atomic E-state index is -3.92. The number of nitrogens with zero attached hydrogens (tertiary/aromatic N) is 2. The Balaban J connectivity index is 0.000000157. The lowest BCUT2D eigenvalue weighted by molar-refractivity contribution is -0.286. The van der Waals surface area contributed by atoms with Gasteiger partial charge in [0, 0.05) is 46.6 Å². The summed E-state index contributed by atoms with van der Waals surface area (Å²) < 4.78 is 104. The molecule has 4 aliphatic rings. The number of hydrogen-bond donors (Lipinski definition) is 0. The van der Waals surface area contributed by atoms with Crippen LogP contribution in [0.1, 0.15) is 92.0 Å². The predicted molar refractivity (Wildman–Crippen MR) is 166 cm³/mol. The lowest BCUT2D eigenvalue weighted by atomic mass is 9.97. The molecule has 2 saturated carbocycles. The van der Waals surface area contributed by atoms with Crippen LogP contribution in [0, 0.1) is 0 Å². The molecule has 0 spiro atoms. The summed E-state index contributed by atoms with van der Waals surface area (Å²) in [5, 5.41) is 7.38. The van der Waals surface area contributed by atoms with Gasteiger partial charge >= 0.3 is 6.29 Å². The second kappa shape index (κ2) is 12.2. The molecule has 0 unspecified atom stereocenters. The summed E-state index contributed by atoms with van der Waals surface area (Å²) in [6.45, 7) is 0.00429. The number of rotatable bonds is 10. The van der Waals surface area contributed by atoms with E-state index >= 15 is 0 Å². The van der Waals surface area contributed by atoms with Gasteiger partial charge in [-0.05, 0) is 49.9 Å². The fraction of sp³-hybridized carbons (Fsp3) is 0.375. The van der Waals surface area contributed by atoms with Gasteiger partial charge in [0.05, 0.1) is 35.0 Å². The Morgan fingerprint density at radius 2 is 1.18 bits per heavy atom. The van der Waals surface area contributed by atoms with Crippen LogP contribution in [0.4, 0.5) is 8.78 Å². The van der Waals surface area contributed by atoms with Gasteiger partial charge in [-0.1, -0.05) is 10.3 Å². The lowest BCUT2D eigenvalue weighted by Gasteiger charge is -2.11. The first-order chi connectivity index (χ1) is 23.6. The number of ketones is 2. The van der Waals surface area contributed by atoms with Crippen molar-refractivity contribution in [3.8, 4) is 23.0 Å². The molecule has 2 fully saturated rings. The van der Waals surface area contributed by atoms with Gasteiger partial charge in [0.25, 0.3) is 0 Å². The van der Waals surface area contributed by atoms with Crippen LogP contribution in [0.25, 0.3) is 0 Å². The molecule has 0 saturated heterocycles. The van der Waals surface area contributed by atoms with Gasteiger partial charge in [0.15, 0.2) is 65.8 Å². The zero-order valence-corrected chi connectivity index (χ0v) is 28.1. The molecule has 50 heavy (non-hydrogen) atoms. The quantitative estimate of drug-likeness (QED) is 0.204. The van der Waals surface area contributed by atoms with E-state index < -0.39 is 43.3 Å². The van der Waals surface area contributed by atoms with Crippen molar-refractivity contribution < 1.29 is 63.2 Å². The molecule has 4 aromatic rings. The number of ether oxygens (including phenoxy) is 4. The number of carbonyl (C=O) groups excluding carboxylic acids is 2.